The number of benzene rings is 1. The van der Waals surface area contributed by atoms with E-state index in [2.05, 4.69) is 0 Å². The van der Waals surface area contributed by atoms with E-state index in [4.69, 9.17) is 27.9 Å². The van der Waals surface area contributed by atoms with E-state index >= 15 is 0 Å². The highest BCUT2D eigenvalue weighted by atomic mass is 35.5. The highest BCUT2D eigenvalue weighted by Crippen LogP contribution is 2.26. The number of rotatable bonds is 2. The van der Waals surface area contributed by atoms with Crippen molar-refractivity contribution in [2.75, 3.05) is 0 Å². The molecule has 0 amide bonds. The molecule has 86 valence electrons. The van der Waals surface area contributed by atoms with E-state index in [0.29, 0.717) is 15.6 Å². The molecule has 0 bridgehead atoms. The molecule has 0 spiro atoms. The first-order valence-electron chi connectivity index (χ1n) is 5.22. The topological polar surface area (TPSA) is 26.3 Å². The van der Waals surface area contributed by atoms with Gasteiger partial charge in [0.05, 0.1) is 16.1 Å². The van der Waals surface area contributed by atoms with Crippen LogP contribution in [0.5, 0.6) is 0 Å². The predicted molar refractivity (Wildman–Crippen MR) is 64.4 cm³/mol. The monoisotopic (exact) mass is 258 g/mol. The molecule has 2 atom stereocenters. The molecule has 1 fully saturated rings. The van der Waals surface area contributed by atoms with Gasteiger partial charge in [-0.1, -0.05) is 23.2 Å². The molecular formula is C12H12Cl2O2. The third-order valence-corrected chi connectivity index (χ3v) is 3.47. The number of Topliss-reactive ketones (excluding diaryl/α,β-unsaturated/α-hetero) is 1. The summed E-state index contributed by atoms with van der Waals surface area (Å²) in [6, 6.07) is 4.91. The Labute approximate surface area is 104 Å². The second kappa shape index (κ2) is 4.74. The van der Waals surface area contributed by atoms with Gasteiger partial charge < -0.3 is 4.74 Å². The van der Waals surface area contributed by atoms with Gasteiger partial charge in [-0.2, -0.15) is 0 Å². The largest absolute Gasteiger partial charge is 0.367 e. The smallest absolute Gasteiger partial charge is 0.191 e. The highest BCUT2D eigenvalue weighted by Gasteiger charge is 2.28. The van der Waals surface area contributed by atoms with Crippen LogP contribution in [0.25, 0.3) is 0 Å². The average Bonchev–Trinajstić information content (AvgIpc) is 2.68. The summed E-state index contributed by atoms with van der Waals surface area (Å²) in [7, 11) is 0. The Morgan fingerprint density at radius 2 is 2.06 bits per heavy atom. The van der Waals surface area contributed by atoms with E-state index in [1.54, 1.807) is 18.2 Å². The van der Waals surface area contributed by atoms with Crippen molar-refractivity contribution in [1.29, 1.82) is 0 Å². The van der Waals surface area contributed by atoms with Crippen LogP contribution in [0, 0.1) is 0 Å². The molecule has 2 nitrogen and oxygen atoms in total. The lowest BCUT2D eigenvalue weighted by molar-refractivity contribution is 0.0433. The van der Waals surface area contributed by atoms with Gasteiger partial charge in [0.1, 0.15) is 6.10 Å². The second-order valence-corrected chi connectivity index (χ2v) is 4.82. The minimum absolute atomic E-state index is 0.0112. The molecule has 0 N–H and O–H groups in total. The van der Waals surface area contributed by atoms with Gasteiger partial charge in [0.2, 0.25) is 0 Å². The van der Waals surface area contributed by atoms with Crippen molar-refractivity contribution in [3.63, 3.8) is 0 Å². The number of carbonyl (C=O) groups is 1. The van der Waals surface area contributed by atoms with Crippen molar-refractivity contribution < 1.29 is 9.53 Å². The first-order chi connectivity index (χ1) is 7.58. The fourth-order valence-corrected chi connectivity index (χ4v) is 2.13. The zero-order valence-corrected chi connectivity index (χ0v) is 10.4. The standard InChI is InChI=1S/C12H12Cl2O2/c1-7-2-5-11(16-7)12(15)8-3-4-9(13)10(14)6-8/h3-4,6-7,11H,2,5H2,1H3. The summed E-state index contributed by atoms with van der Waals surface area (Å²) in [4.78, 5) is 12.0. The normalized spacial score (nSPS) is 24.7. The zero-order valence-electron chi connectivity index (χ0n) is 8.87. The minimum atomic E-state index is -0.327. The van der Waals surface area contributed by atoms with Crippen molar-refractivity contribution in [2.24, 2.45) is 0 Å². The Kier molecular flexibility index (Phi) is 3.53. The number of halogens is 2. The van der Waals surface area contributed by atoms with Gasteiger partial charge in [-0.15, -0.1) is 0 Å². The third-order valence-electron chi connectivity index (χ3n) is 2.73. The third kappa shape index (κ3) is 2.40. The van der Waals surface area contributed by atoms with Gasteiger partial charge in [0, 0.05) is 5.56 Å². The van der Waals surface area contributed by atoms with Crippen molar-refractivity contribution in [2.45, 2.75) is 32.0 Å². The number of ketones is 1. The maximum absolute atomic E-state index is 12.0. The van der Waals surface area contributed by atoms with Gasteiger partial charge in [-0.25, -0.2) is 0 Å². The molecule has 1 aliphatic rings. The summed E-state index contributed by atoms with van der Waals surface area (Å²) in [6.07, 6.45) is 1.54. The molecule has 1 aromatic carbocycles. The molecule has 1 aliphatic heterocycles. The van der Waals surface area contributed by atoms with E-state index in [-0.39, 0.29) is 18.0 Å². The highest BCUT2D eigenvalue weighted by molar-refractivity contribution is 6.42. The molecule has 1 saturated heterocycles. The molecule has 1 aromatic rings. The molecule has 16 heavy (non-hydrogen) atoms. The van der Waals surface area contributed by atoms with Crippen molar-refractivity contribution in [3.8, 4) is 0 Å². The molecule has 0 radical (unpaired) electrons. The SMILES string of the molecule is CC1CCC(C(=O)c2ccc(Cl)c(Cl)c2)O1. The van der Waals surface area contributed by atoms with Gasteiger partial charge in [0.15, 0.2) is 5.78 Å². The van der Waals surface area contributed by atoms with Gasteiger partial charge in [-0.05, 0) is 38.0 Å². The Hall–Kier alpha value is -0.570. The van der Waals surface area contributed by atoms with Crippen LogP contribution in [0.2, 0.25) is 10.0 Å². The lowest BCUT2D eigenvalue weighted by Crippen LogP contribution is -2.20. The Bertz CT molecular complexity index is 417. The minimum Gasteiger partial charge on any atom is -0.367 e. The zero-order chi connectivity index (χ0) is 11.7. The predicted octanol–water partition coefficient (Wildman–Crippen LogP) is 3.74. The number of hydrogen-bond acceptors (Lipinski definition) is 2. The summed E-state index contributed by atoms with van der Waals surface area (Å²) in [5, 5.41) is 0.859. The molecule has 1 heterocycles. The molecule has 0 aliphatic carbocycles. The first-order valence-corrected chi connectivity index (χ1v) is 5.98. The van der Waals surface area contributed by atoms with Crippen LogP contribution in [-0.2, 0) is 4.74 Å². The van der Waals surface area contributed by atoms with Gasteiger partial charge in [0.25, 0.3) is 0 Å². The van der Waals surface area contributed by atoms with Crippen molar-refractivity contribution in [3.05, 3.63) is 33.8 Å². The summed E-state index contributed by atoms with van der Waals surface area (Å²) >= 11 is 11.7. The molecule has 0 aromatic heterocycles. The van der Waals surface area contributed by atoms with Crippen LogP contribution in [0.4, 0.5) is 0 Å². The van der Waals surface area contributed by atoms with Crippen LogP contribution in [0.1, 0.15) is 30.1 Å². The van der Waals surface area contributed by atoms with Crippen LogP contribution >= 0.6 is 23.2 Å². The Morgan fingerprint density at radius 3 is 2.62 bits per heavy atom. The molecular weight excluding hydrogens is 247 g/mol. The van der Waals surface area contributed by atoms with Crippen LogP contribution < -0.4 is 0 Å². The maximum Gasteiger partial charge on any atom is 0.191 e. The quantitative estimate of drug-likeness (QED) is 0.756. The first kappa shape index (κ1) is 11.9. The van der Waals surface area contributed by atoms with E-state index in [0.717, 1.165) is 12.8 Å². The van der Waals surface area contributed by atoms with E-state index in [1.807, 2.05) is 6.92 Å². The van der Waals surface area contributed by atoms with Crippen LogP contribution in [0.15, 0.2) is 18.2 Å². The van der Waals surface area contributed by atoms with Gasteiger partial charge >= 0.3 is 0 Å². The van der Waals surface area contributed by atoms with Crippen LogP contribution in [0.3, 0.4) is 0 Å². The summed E-state index contributed by atoms with van der Waals surface area (Å²) in [5.41, 5.74) is 0.563. The summed E-state index contributed by atoms with van der Waals surface area (Å²) in [5.74, 6) is -0.0112. The lowest BCUT2D eigenvalue weighted by Gasteiger charge is -2.10. The molecule has 2 rings (SSSR count). The van der Waals surface area contributed by atoms with Gasteiger partial charge in [-0.3, -0.25) is 4.79 Å². The average molecular weight is 259 g/mol. The molecule has 0 saturated carbocycles. The van der Waals surface area contributed by atoms with E-state index < -0.39 is 0 Å². The second-order valence-electron chi connectivity index (χ2n) is 4.01. The molecule has 4 heteroatoms. The maximum atomic E-state index is 12.0. The summed E-state index contributed by atoms with van der Waals surface area (Å²) < 4.78 is 5.52. The fourth-order valence-electron chi connectivity index (χ4n) is 1.83. The van der Waals surface area contributed by atoms with Crippen molar-refractivity contribution >= 4 is 29.0 Å². The number of ether oxygens (including phenoxy) is 1. The number of hydrogen-bond donors (Lipinski definition) is 0. The molecule has 2 unspecified atom stereocenters. The van der Waals surface area contributed by atoms with Crippen LogP contribution in [-0.4, -0.2) is 18.0 Å². The Balaban J connectivity index is 2.18. The Morgan fingerprint density at radius 1 is 1.31 bits per heavy atom. The fraction of sp³-hybridized carbons (Fsp3) is 0.417. The lowest BCUT2D eigenvalue weighted by atomic mass is 10.0. The summed E-state index contributed by atoms with van der Waals surface area (Å²) in [6.45, 7) is 1.97. The van der Waals surface area contributed by atoms with E-state index in [9.17, 15) is 4.79 Å². The van der Waals surface area contributed by atoms with Crippen molar-refractivity contribution in [1.82, 2.24) is 0 Å². The van der Waals surface area contributed by atoms with E-state index in [1.165, 1.54) is 0 Å². The number of carbonyl (C=O) groups excluding carboxylic acids is 1.